The summed E-state index contributed by atoms with van der Waals surface area (Å²) in [7, 11) is 0. The maximum absolute atomic E-state index is 13.1. The van der Waals surface area contributed by atoms with Crippen LogP contribution in [-0.2, 0) is 0 Å². The second-order valence-electron chi connectivity index (χ2n) is 5.67. The first kappa shape index (κ1) is 16.5. The van der Waals surface area contributed by atoms with Gasteiger partial charge in [0.2, 0.25) is 5.89 Å². The molecule has 26 heavy (non-hydrogen) atoms. The van der Waals surface area contributed by atoms with Crippen molar-refractivity contribution in [2.24, 2.45) is 0 Å². The third kappa shape index (κ3) is 3.36. The quantitative estimate of drug-likeness (QED) is 0.474. The molecule has 128 valence electrons. The van der Waals surface area contributed by atoms with Crippen molar-refractivity contribution in [1.82, 2.24) is 4.98 Å². The summed E-state index contributed by atoms with van der Waals surface area (Å²) in [5.41, 5.74) is 3.04. The summed E-state index contributed by atoms with van der Waals surface area (Å²) in [5, 5.41) is 2.84. The van der Waals surface area contributed by atoms with E-state index in [9.17, 15) is 9.18 Å². The molecule has 1 aromatic heterocycles. The van der Waals surface area contributed by atoms with E-state index in [2.05, 4.69) is 26.2 Å². The second-order valence-corrected chi connectivity index (χ2v) is 6.59. The Morgan fingerprint density at radius 1 is 1.04 bits per heavy atom. The van der Waals surface area contributed by atoms with Crippen LogP contribution in [-0.4, -0.2) is 10.9 Å². The monoisotopic (exact) mass is 410 g/mol. The topological polar surface area (TPSA) is 55.1 Å². The van der Waals surface area contributed by atoms with Crippen molar-refractivity contribution in [3.63, 3.8) is 0 Å². The van der Waals surface area contributed by atoms with Crippen molar-refractivity contribution >= 4 is 38.6 Å². The predicted molar refractivity (Wildman–Crippen MR) is 101 cm³/mol. The van der Waals surface area contributed by atoms with E-state index in [1.807, 2.05) is 6.07 Å². The van der Waals surface area contributed by atoms with Crippen LogP contribution in [0.5, 0.6) is 0 Å². The van der Waals surface area contributed by atoms with Gasteiger partial charge in [-0.3, -0.25) is 4.79 Å². The third-order valence-electron chi connectivity index (χ3n) is 3.82. The van der Waals surface area contributed by atoms with Crippen molar-refractivity contribution < 1.29 is 13.6 Å². The number of amides is 1. The SMILES string of the molecule is O=C(Nc1ccc2oc(-c3ccc(F)cc3)nc2c1)c1cccc(Br)c1. The number of benzene rings is 3. The van der Waals surface area contributed by atoms with E-state index < -0.39 is 0 Å². The van der Waals surface area contributed by atoms with Crippen LogP contribution >= 0.6 is 15.9 Å². The van der Waals surface area contributed by atoms with E-state index >= 15 is 0 Å². The average molecular weight is 411 g/mol. The molecule has 1 amide bonds. The van der Waals surface area contributed by atoms with Gasteiger partial charge >= 0.3 is 0 Å². The van der Waals surface area contributed by atoms with Crippen LogP contribution in [0.15, 0.2) is 75.6 Å². The molecule has 0 unspecified atom stereocenters. The van der Waals surface area contributed by atoms with Gasteiger partial charge in [-0.25, -0.2) is 9.37 Å². The number of aromatic nitrogens is 1. The van der Waals surface area contributed by atoms with Gasteiger partial charge in [-0.05, 0) is 60.7 Å². The summed E-state index contributed by atoms with van der Waals surface area (Å²) >= 11 is 3.35. The number of nitrogens with zero attached hydrogens (tertiary/aromatic N) is 1. The molecule has 4 rings (SSSR count). The summed E-state index contributed by atoms with van der Waals surface area (Å²) in [6.45, 7) is 0. The number of carbonyl (C=O) groups excluding carboxylic acids is 1. The highest BCUT2D eigenvalue weighted by atomic mass is 79.9. The standard InChI is InChI=1S/C20H12BrFN2O2/c21-14-3-1-2-13(10-14)19(25)23-16-8-9-18-17(11-16)24-20(26-18)12-4-6-15(22)7-5-12/h1-11H,(H,23,25). The lowest BCUT2D eigenvalue weighted by molar-refractivity contribution is 0.102. The maximum atomic E-state index is 13.1. The molecule has 1 heterocycles. The Morgan fingerprint density at radius 3 is 2.62 bits per heavy atom. The van der Waals surface area contributed by atoms with Gasteiger partial charge in [0.25, 0.3) is 5.91 Å². The highest BCUT2D eigenvalue weighted by Gasteiger charge is 2.11. The fourth-order valence-electron chi connectivity index (χ4n) is 2.55. The lowest BCUT2D eigenvalue weighted by atomic mass is 10.2. The fraction of sp³-hybridized carbons (Fsp3) is 0. The Bertz CT molecular complexity index is 1110. The molecule has 0 aliphatic rings. The van der Waals surface area contributed by atoms with E-state index in [0.29, 0.717) is 33.8 Å². The van der Waals surface area contributed by atoms with Crippen LogP contribution < -0.4 is 5.32 Å². The van der Waals surface area contributed by atoms with Gasteiger partial charge in [0.15, 0.2) is 5.58 Å². The number of hydrogen-bond acceptors (Lipinski definition) is 3. The zero-order valence-electron chi connectivity index (χ0n) is 13.4. The molecule has 0 atom stereocenters. The Hall–Kier alpha value is -2.99. The summed E-state index contributed by atoms with van der Waals surface area (Å²) in [6.07, 6.45) is 0. The molecule has 4 aromatic rings. The van der Waals surface area contributed by atoms with Crippen molar-refractivity contribution in [2.75, 3.05) is 5.32 Å². The smallest absolute Gasteiger partial charge is 0.255 e. The fourth-order valence-corrected chi connectivity index (χ4v) is 2.95. The number of rotatable bonds is 3. The van der Waals surface area contributed by atoms with E-state index in [4.69, 9.17) is 4.42 Å². The normalized spacial score (nSPS) is 10.8. The summed E-state index contributed by atoms with van der Waals surface area (Å²) < 4.78 is 19.6. The number of anilines is 1. The molecule has 0 aliphatic heterocycles. The summed E-state index contributed by atoms with van der Waals surface area (Å²) in [5.74, 6) is -0.134. The van der Waals surface area contributed by atoms with Crippen LogP contribution in [0.25, 0.3) is 22.6 Å². The first-order valence-corrected chi connectivity index (χ1v) is 8.61. The van der Waals surface area contributed by atoms with Crippen molar-refractivity contribution in [2.45, 2.75) is 0 Å². The van der Waals surface area contributed by atoms with Crippen LogP contribution in [0.3, 0.4) is 0 Å². The van der Waals surface area contributed by atoms with E-state index in [0.717, 1.165) is 4.47 Å². The van der Waals surface area contributed by atoms with Crippen molar-refractivity contribution in [3.8, 4) is 11.5 Å². The number of fused-ring (bicyclic) bond motifs is 1. The lowest BCUT2D eigenvalue weighted by Crippen LogP contribution is -2.11. The number of oxazole rings is 1. The van der Waals surface area contributed by atoms with Gasteiger partial charge in [-0.15, -0.1) is 0 Å². The zero-order valence-corrected chi connectivity index (χ0v) is 15.0. The Kier molecular flexibility index (Phi) is 4.26. The van der Waals surface area contributed by atoms with Crippen molar-refractivity contribution in [1.29, 1.82) is 0 Å². The highest BCUT2D eigenvalue weighted by Crippen LogP contribution is 2.26. The van der Waals surface area contributed by atoms with Crippen LogP contribution in [0.2, 0.25) is 0 Å². The molecular formula is C20H12BrFN2O2. The minimum absolute atomic E-state index is 0.215. The Labute approximate surface area is 156 Å². The molecule has 6 heteroatoms. The number of halogens is 2. The van der Waals surface area contributed by atoms with E-state index in [1.165, 1.54) is 12.1 Å². The van der Waals surface area contributed by atoms with Crippen LogP contribution in [0.4, 0.5) is 10.1 Å². The van der Waals surface area contributed by atoms with Crippen molar-refractivity contribution in [3.05, 3.63) is 82.6 Å². The van der Waals surface area contributed by atoms with Gasteiger partial charge in [0.05, 0.1) is 0 Å². The molecule has 0 aliphatic carbocycles. The lowest BCUT2D eigenvalue weighted by Gasteiger charge is -2.05. The molecular weight excluding hydrogens is 399 g/mol. The van der Waals surface area contributed by atoms with E-state index in [1.54, 1.807) is 48.5 Å². The van der Waals surface area contributed by atoms with Crippen LogP contribution in [0, 0.1) is 5.82 Å². The molecule has 0 radical (unpaired) electrons. The Balaban J connectivity index is 1.61. The predicted octanol–water partition coefficient (Wildman–Crippen LogP) is 5.65. The highest BCUT2D eigenvalue weighted by molar-refractivity contribution is 9.10. The third-order valence-corrected chi connectivity index (χ3v) is 4.32. The molecule has 0 bridgehead atoms. The largest absolute Gasteiger partial charge is 0.436 e. The van der Waals surface area contributed by atoms with Gasteiger partial charge in [-0.1, -0.05) is 22.0 Å². The second kappa shape index (κ2) is 6.72. The first-order valence-electron chi connectivity index (χ1n) is 7.82. The van der Waals surface area contributed by atoms with Gasteiger partial charge in [0.1, 0.15) is 11.3 Å². The van der Waals surface area contributed by atoms with Crippen LogP contribution in [0.1, 0.15) is 10.4 Å². The minimum atomic E-state index is -0.317. The van der Waals surface area contributed by atoms with Gasteiger partial charge in [0, 0.05) is 21.3 Å². The average Bonchev–Trinajstić information content (AvgIpc) is 3.05. The Morgan fingerprint density at radius 2 is 1.85 bits per heavy atom. The zero-order chi connectivity index (χ0) is 18.1. The minimum Gasteiger partial charge on any atom is -0.436 e. The summed E-state index contributed by atoms with van der Waals surface area (Å²) in [6, 6.07) is 18.3. The molecule has 1 N–H and O–H groups in total. The first-order chi connectivity index (χ1) is 12.6. The number of nitrogens with one attached hydrogen (secondary N) is 1. The maximum Gasteiger partial charge on any atom is 0.255 e. The molecule has 0 saturated carbocycles. The summed E-state index contributed by atoms with van der Waals surface area (Å²) in [4.78, 5) is 16.8. The molecule has 0 saturated heterocycles. The molecule has 0 fully saturated rings. The molecule has 4 nitrogen and oxygen atoms in total. The van der Waals surface area contributed by atoms with Gasteiger partial charge in [-0.2, -0.15) is 0 Å². The van der Waals surface area contributed by atoms with E-state index in [-0.39, 0.29) is 11.7 Å². The molecule has 3 aromatic carbocycles. The van der Waals surface area contributed by atoms with Gasteiger partial charge < -0.3 is 9.73 Å². The molecule has 0 spiro atoms. The number of carbonyl (C=O) groups is 1. The number of hydrogen-bond donors (Lipinski definition) is 1.